The van der Waals surface area contributed by atoms with Crippen molar-refractivity contribution in [1.82, 2.24) is 14.8 Å². The first-order valence-corrected chi connectivity index (χ1v) is 6.13. The topological polar surface area (TPSA) is 30.7 Å². The molecule has 74 valence electrons. The highest BCUT2D eigenvalue weighted by atomic mass is 35.5. The summed E-state index contributed by atoms with van der Waals surface area (Å²) in [4.78, 5) is 0. The summed E-state index contributed by atoms with van der Waals surface area (Å²) >= 11 is 7.73. The molecule has 0 saturated carbocycles. The monoisotopic (exact) mass is 219 g/mol. The lowest BCUT2D eigenvalue weighted by Crippen LogP contribution is -2.04. The molecule has 0 amide bonds. The van der Waals surface area contributed by atoms with E-state index in [1.54, 1.807) is 0 Å². The summed E-state index contributed by atoms with van der Waals surface area (Å²) in [6.45, 7) is 2.99. The third-order valence-corrected chi connectivity index (χ3v) is 2.81. The van der Waals surface area contributed by atoms with Crippen LogP contribution in [0, 0.1) is 0 Å². The van der Waals surface area contributed by atoms with Crippen LogP contribution in [0.3, 0.4) is 0 Å². The molecule has 0 bridgehead atoms. The average Bonchev–Trinajstić information content (AvgIpc) is 2.48. The van der Waals surface area contributed by atoms with Crippen LogP contribution >= 0.6 is 23.4 Å². The predicted molar refractivity (Wildman–Crippen MR) is 57.4 cm³/mol. The number of aromatic nitrogens is 3. The number of nitrogens with zero attached hydrogens (tertiary/aromatic N) is 3. The van der Waals surface area contributed by atoms with E-state index >= 15 is 0 Å². The Bertz CT molecular complexity index is 262. The fourth-order valence-electron chi connectivity index (χ4n) is 1.16. The molecule has 1 aromatic rings. The Morgan fingerprint density at radius 1 is 1.46 bits per heavy atom. The number of thioether (sulfide) groups is 1. The highest BCUT2D eigenvalue weighted by molar-refractivity contribution is 7.98. The molecule has 0 spiro atoms. The molecule has 1 rings (SSSR count). The van der Waals surface area contributed by atoms with Gasteiger partial charge in [-0.1, -0.05) is 6.92 Å². The fourth-order valence-corrected chi connectivity index (χ4v) is 1.80. The normalized spacial score (nSPS) is 10.7. The molecule has 13 heavy (non-hydrogen) atoms. The number of hydrogen-bond acceptors (Lipinski definition) is 3. The van der Waals surface area contributed by atoms with Crippen molar-refractivity contribution in [3.05, 3.63) is 11.1 Å². The summed E-state index contributed by atoms with van der Waals surface area (Å²) in [5.74, 6) is 2.13. The maximum atomic E-state index is 5.89. The summed E-state index contributed by atoms with van der Waals surface area (Å²) < 4.78 is 1.98. The first kappa shape index (κ1) is 10.9. The Kier molecular flexibility index (Phi) is 4.59. The van der Waals surface area contributed by atoms with Crippen LogP contribution in [0.4, 0.5) is 0 Å². The van der Waals surface area contributed by atoms with Gasteiger partial charge < -0.3 is 4.57 Å². The average molecular weight is 220 g/mol. The molecule has 0 radical (unpaired) electrons. The quantitative estimate of drug-likeness (QED) is 0.712. The lowest BCUT2D eigenvalue weighted by molar-refractivity contribution is 0.647. The van der Waals surface area contributed by atoms with Crippen molar-refractivity contribution in [3.8, 4) is 0 Å². The van der Waals surface area contributed by atoms with Gasteiger partial charge >= 0.3 is 0 Å². The predicted octanol–water partition coefficient (Wildman–Crippen LogP) is 2.25. The zero-order valence-electron chi connectivity index (χ0n) is 7.96. The van der Waals surface area contributed by atoms with Gasteiger partial charge in [-0.3, -0.25) is 0 Å². The minimum Gasteiger partial charge on any atom is -0.302 e. The van der Waals surface area contributed by atoms with Crippen LogP contribution in [-0.4, -0.2) is 26.8 Å². The molecular formula is C8H14ClN3S. The lowest BCUT2D eigenvalue weighted by atomic mass is 10.4. The first-order chi connectivity index (χ1) is 6.29. The number of rotatable bonds is 5. The van der Waals surface area contributed by atoms with Crippen LogP contribution in [0.2, 0.25) is 5.28 Å². The van der Waals surface area contributed by atoms with Crippen LogP contribution < -0.4 is 0 Å². The Balaban J connectivity index is 2.57. The lowest BCUT2D eigenvalue weighted by Gasteiger charge is -2.04. The van der Waals surface area contributed by atoms with E-state index in [1.165, 1.54) is 0 Å². The van der Waals surface area contributed by atoms with Gasteiger partial charge in [0, 0.05) is 13.0 Å². The number of hydrogen-bond donors (Lipinski definition) is 0. The molecule has 0 aliphatic carbocycles. The van der Waals surface area contributed by atoms with Crippen molar-refractivity contribution in [2.75, 3.05) is 12.0 Å². The van der Waals surface area contributed by atoms with Crippen LogP contribution in [-0.2, 0) is 13.0 Å². The SMILES string of the molecule is CCc1nnc(Cl)n1CCCSC. The van der Waals surface area contributed by atoms with E-state index < -0.39 is 0 Å². The third kappa shape index (κ3) is 2.88. The van der Waals surface area contributed by atoms with Crippen LogP contribution in [0.15, 0.2) is 0 Å². The van der Waals surface area contributed by atoms with Crippen molar-refractivity contribution in [1.29, 1.82) is 0 Å². The molecule has 0 fully saturated rings. The van der Waals surface area contributed by atoms with Gasteiger partial charge in [-0.2, -0.15) is 11.8 Å². The van der Waals surface area contributed by atoms with E-state index in [4.69, 9.17) is 11.6 Å². The summed E-state index contributed by atoms with van der Waals surface area (Å²) in [5.41, 5.74) is 0. The highest BCUT2D eigenvalue weighted by Crippen LogP contribution is 2.10. The number of halogens is 1. The largest absolute Gasteiger partial charge is 0.302 e. The fraction of sp³-hybridized carbons (Fsp3) is 0.750. The summed E-state index contributed by atoms with van der Waals surface area (Å²) in [5, 5.41) is 8.34. The molecule has 1 heterocycles. The highest BCUT2D eigenvalue weighted by Gasteiger charge is 2.06. The first-order valence-electron chi connectivity index (χ1n) is 4.36. The minimum atomic E-state index is 0.512. The van der Waals surface area contributed by atoms with E-state index in [1.807, 2.05) is 16.3 Å². The van der Waals surface area contributed by atoms with Crippen LogP contribution in [0.25, 0.3) is 0 Å². The molecule has 0 aromatic carbocycles. The van der Waals surface area contributed by atoms with Crippen molar-refractivity contribution in [2.45, 2.75) is 26.3 Å². The molecule has 0 unspecified atom stereocenters. The van der Waals surface area contributed by atoms with E-state index in [9.17, 15) is 0 Å². The van der Waals surface area contributed by atoms with Crippen LogP contribution in [0.1, 0.15) is 19.2 Å². The van der Waals surface area contributed by atoms with Crippen molar-refractivity contribution in [2.24, 2.45) is 0 Å². The Labute approximate surface area is 87.9 Å². The van der Waals surface area contributed by atoms with E-state index in [-0.39, 0.29) is 0 Å². The summed E-state index contributed by atoms with van der Waals surface area (Å²) in [6.07, 6.45) is 4.11. The van der Waals surface area contributed by atoms with Crippen molar-refractivity contribution in [3.63, 3.8) is 0 Å². The van der Waals surface area contributed by atoms with Gasteiger partial charge in [-0.05, 0) is 30.0 Å². The second-order valence-electron chi connectivity index (χ2n) is 2.74. The molecule has 0 aliphatic rings. The maximum Gasteiger partial charge on any atom is 0.225 e. The van der Waals surface area contributed by atoms with Crippen molar-refractivity contribution >= 4 is 23.4 Å². The minimum absolute atomic E-state index is 0.512. The Morgan fingerprint density at radius 3 is 2.85 bits per heavy atom. The van der Waals surface area contributed by atoms with Gasteiger partial charge in [0.15, 0.2) is 0 Å². The summed E-state index contributed by atoms with van der Waals surface area (Å²) in [7, 11) is 0. The van der Waals surface area contributed by atoms with Gasteiger partial charge in [0.05, 0.1) is 0 Å². The molecule has 0 saturated heterocycles. The summed E-state index contributed by atoms with van der Waals surface area (Å²) in [6, 6.07) is 0. The standard InChI is InChI=1S/C8H14ClN3S/c1-3-7-10-11-8(9)12(7)5-4-6-13-2/h3-6H2,1-2H3. The molecule has 0 atom stereocenters. The van der Waals surface area contributed by atoms with Gasteiger partial charge in [0.2, 0.25) is 5.28 Å². The van der Waals surface area contributed by atoms with Gasteiger partial charge in [0.1, 0.15) is 5.82 Å². The zero-order chi connectivity index (χ0) is 9.68. The Hall–Kier alpha value is -0.220. The smallest absolute Gasteiger partial charge is 0.225 e. The molecule has 0 aliphatic heterocycles. The van der Waals surface area contributed by atoms with Gasteiger partial charge in [0.25, 0.3) is 0 Å². The number of aryl methyl sites for hydroxylation is 1. The molecule has 1 aromatic heterocycles. The second kappa shape index (κ2) is 5.50. The van der Waals surface area contributed by atoms with E-state index in [2.05, 4.69) is 23.4 Å². The van der Waals surface area contributed by atoms with E-state index in [0.29, 0.717) is 5.28 Å². The van der Waals surface area contributed by atoms with Crippen LogP contribution in [0.5, 0.6) is 0 Å². The third-order valence-electron chi connectivity index (χ3n) is 1.83. The Morgan fingerprint density at radius 2 is 2.23 bits per heavy atom. The molecular weight excluding hydrogens is 206 g/mol. The second-order valence-corrected chi connectivity index (χ2v) is 4.06. The zero-order valence-corrected chi connectivity index (χ0v) is 9.53. The molecule has 3 nitrogen and oxygen atoms in total. The maximum absolute atomic E-state index is 5.89. The van der Waals surface area contributed by atoms with E-state index in [0.717, 1.165) is 31.0 Å². The molecule has 5 heteroatoms. The van der Waals surface area contributed by atoms with Gasteiger partial charge in [-0.25, -0.2) is 0 Å². The van der Waals surface area contributed by atoms with Gasteiger partial charge in [-0.15, -0.1) is 10.2 Å². The van der Waals surface area contributed by atoms with Crippen molar-refractivity contribution < 1.29 is 0 Å². The molecule has 0 N–H and O–H groups in total.